The first-order valence-electron chi connectivity index (χ1n) is 9.96. The number of ether oxygens (including phenoxy) is 3. The van der Waals surface area contributed by atoms with E-state index in [0.29, 0.717) is 11.3 Å². The van der Waals surface area contributed by atoms with Crippen molar-refractivity contribution in [2.75, 3.05) is 13.7 Å². The Balaban J connectivity index is 1.47. The van der Waals surface area contributed by atoms with Gasteiger partial charge in [0.05, 0.1) is 7.11 Å². The van der Waals surface area contributed by atoms with E-state index in [2.05, 4.69) is 12.1 Å². The maximum Gasteiger partial charge on any atom is 0.341 e. The lowest BCUT2D eigenvalue weighted by Gasteiger charge is -2.11. The number of hydrogen-bond donors (Lipinski definition) is 1. The second-order valence-electron chi connectivity index (χ2n) is 7.19. The zero-order chi connectivity index (χ0) is 22.5. The molecular weight excluding hydrogens is 411 g/mol. The molecule has 0 atom stereocenters. The molecule has 0 saturated heterocycles. The van der Waals surface area contributed by atoms with Crippen molar-refractivity contribution in [1.82, 2.24) is 0 Å². The van der Waals surface area contributed by atoms with Crippen LogP contribution in [0.4, 0.5) is 4.39 Å². The molecule has 0 heterocycles. The summed E-state index contributed by atoms with van der Waals surface area (Å²) in [6.45, 7) is -0.432. The van der Waals surface area contributed by atoms with Gasteiger partial charge in [-0.3, -0.25) is 0 Å². The number of benzene rings is 4. The SMILES string of the molecule is COc1ccc2cc(-c3cccc(OCc4ccc(OCC(=O)O)c(F)c4)c3)ccc2c1. The first-order valence-corrected chi connectivity index (χ1v) is 9.96. The van der Waals surface area contributed by atoms with E-state index in [1.54, 1.807) is 13.2 Å². The van der Waals surface area contributed by atoms with Gasteiger partial charge in [0.25, 0.3) is 0 Å². The Morgan fingerprint density at radius 2 is 1.62 bits per heavy atom. The highest BCUT2D eigenvalue weighted by Crippen LogP contribution is 2.29. The van der Waals surface area contributed by atoms with Gasteiger partial charge in [0.2, 0.25) is 0 Å². The van der Waals surface area contributed by atoms with Crippen molar-refractivity contribution >= 4 is 16.7 Å². The molecule has 0 unspecified atom stereocenters. The summed E-state index contributed by atoms with van der Waals surface area (Å²) < 4.78 is 30.1. The van der Waals surface area contributed by atoms with Crippen LogP contribution in [-0.4, -0.2) is 24.8 Å². The molecule has 4 aromatic carbocycles. The predicted molar refractivity (Wildman–Crippen MR) is 120 cm³/mol. The standard InChI is InChI=1S/C26H21FO5/c1-30-22-9-8-20-12-19(6-7-21(20)13-22)18-3-2-4-23(14-18)31-15-17-5-10-25(24(27)11-17)32-16-26(28)29/h2-14H,15-16H2,1H3,(H,28,29). The van der Waals surface area contributed by atoms with E-state index in [9.17, 15) is 9.18 Å². The number of carbonyl (C=O) groups is 1. The Morgan fingerprint density at radius 3 is 2.41 bits per heavy atom. The fourth-order valence-electron chi connectivity index (χ4n) is 3.35. The van der Waals surface area contributed by atoms with Crippen LogP contribution >= 0.6 is 0 Å². The number of carboxylic acid groups (broad SMARTS) is 1. The first kappa shape index (κ1) is 21.2. The van der Waals surface area contributed by atoms with Crippen LogP contribution in [0, 0.1) is 5.82 Å². The minimum atomic E-state index is -1.16. The molecule has 0 fully saturated rings. The molecule has 6 heteroatoms. The number of hydrogen-bond acceptors (Lipinski definition) is 4. The summed E-state index contributed by atoms with van der Waals surface area (Å²) in [5.41, 5.74) is 2.66. The van der Waals surface area contributed by atoms with E-state index in [1.807, 2.05) is 48.5 Å². The van der Waals surface area contributed by atoms with Gasteiger partial charge in [-0.25, -0.2) is 9.18 Å². The average Bonchev–Trinajstić information content (AvgIpc) is 2.81. The Bertz CT molecular complexity index is 1270. The third kappa shape index (κ3) is 4.98. The van der Waals surface area contributed by atoms with Crippen LogP contribution in [0.25, 0.3) is 21.9 Å². The van der Waals surface area contributed by atoms with Gasteiger partial charge in [-0.2, -0.15) is 0 Å². The van der Waals surface area contributed by atoms with Crippen molar-refractivity contribution in [2.45, 2.75) is 6.61 Å². The molecule has 0 aliphatic rings. The summed E-state index contributed by atoms with van der Waals surface area (Å²) >= 11 is 0. The number of rotatable bonds is 8. The lowest BCUT2D eigenvalue weighted by atomic mass is 10.0. The molecule has 0 amide bonds. The Morgan fingerprint density at radius 1 is 0.844 bits per heavy atom. The highest BCUT2D eigenvalue weighted by molar-refractivity contribution is 5.88. The van der Waals surface area contributed by atoms with E-state index in [1.165, 1.54) is 12.1 Å². The Hall–Kier alpha value is -4.06. The van der Waals surface area contributed by atoms with Crippen LogP contribution in [0.2, 0.25) is 0 Å². The summed E-state index contributed by atoms with van der Waals surface area (Å²) in [5.74, 6) is -0.425. The normalized spacial score (nSPS) is 10.7. The van der Waals surface area contributed by atoms with Crippen LogP contribution in [-0.2, 0) is 11.4 Å². The van der Waals surface area contributed by atoms with Crippen molar-refractivity contribution in [1.29, 1.82) is 0 Å². The highest BCUT2D eigenvalue weighted by atomic mass is 19.1. The van der Waals surface area contributed by atoms with Gasteiger partial charge in [0.1, 0.15) is 18.1 Å². The molecule has 0 spiro atoms. The van der Waals surface area contributed by atoms with Gasteiger partial charge in [0.15, 0.2) is 18.2 Å². The van der Waals surface area contributed by atoms with Crippen molar-refractivity contribution < 1.29 is 28.5 Å². The zero-order valence-electron chi connectivity index (χ0n) is 17.4. The number of carboxylic acids is 1. The third-order valence-corrected chi connectivity index (χ3v) is 4.97. The molecule has 32 heavy (non-hydrogen) atoms. The topological polar surface area (TPSA) is 65.0 Å². The molecule has 0 aliphatic carbocycles. The summed E-state index contributed by atoms with van der Waals surface area (Å²) in [6, 6.07) is 24.2. The molecule has 0 aliphatic heterocycles. The van der Waals surface area contributed by atoms with Crippen LogP contribution in [0.1, 0.15) is 5.56 Å². The van der Waals surface area contributed by atoms with E-state index in [-0.39, 0.29) is 12.4 Å². The van der Waals surface area contributed by atoms with E-state index >= 15 is 0 Å². The van der Waals surface area contributed by atoms with Gasteiger partial charge >= 0.3 is 5.97 Å². The van der Waals surface area contributed by atoms with E-state index in [0.717, 1.165) is 27.6 Å². The maximum absolute atomic E-state index is 14.1. The lowest BCUT2D eigenvalue weighted by Crippen LogP contribution is -2.10. The smallest absolute Gasteiger partial charge is 0.341 e. The number of halogens is 1. The molecule has 1 N–H and O–H groups in total. The van der Waals surface area contributed by atoms with Crippen molar-refractivity contribution in [3.05, 3.63) is 90.2 Å². The molecule has 5 nitrogen and oxygen atoms in total. The van der Waals surface area contributed by atoms with Gasteiger partial charge in [-0.05, 0) is 69.9 Å². The number of fused-ring (bicyclic) bond motifs is 1. The van der Waals surface area contributed by atoms with Gasteiger partial charge < -0.3 is 19.3 Å². The van der Waals surface area contributed by atoms with Crippen molar-refractivity contribution in [2.24, 2.45) is 0 Å². The fraction of sp³-hybridized carbons (Fsp3) is 0.115. The summed E-state index contributed by atoms with van der Waals surface area (Å²) in [7, 11) is 1.65. The van der Waals surface area contributed by atoms with Crippen molar-refractivity contribution in [3.8, 4) is 28.4 Å². The lowest BCUT2D eigenvalue weighted by molar-refractivity contribution is -0.139. The molecule has 0 radical (unpaired) electrons. The molecule has 0 aromatic heterocycles. The zero-order valence-corrected chi connectivity index (χ0v) is 17.4. The monoisotopic (exact) mass is 432 g/mol. The first-order chi connectivity index (χ1) is 15.5. The quantitative estimate of drug-likeness (QED) is 0.387. The summed E-state index contributed by atoms with van der Waals surface area (Å²) in [4.78, 5) is 10.6. The largest absolute Gasteiger partial charge is 0.497 e. The van der Waals surface area contributed by atoms with E-state index in [4.69, 9.17) is 19.3 Å². The van der Waals surface area contributed by atoms with Gasteiger partial charge in [-0.15, -0.1) is 0 Å². The Kier molecular flexibility index (Phi) is 6.22. The van der Waals surface area contributed by atoms with Crippen LogP contribution in [0.5, 0.6) is 17.2 Å². The molecule has 0 saturated carbocycles. The maximum atomic E-state index is 14.1. The van der Waals surface area contributed by atoms with Crippen LogP contribution < -0.4 is 14.2 Å². The second kappa shape index (κ2) is 9.39. The molecular formula is C26H21FO5. The van der Waals surface area contributed by atoms with Crippen LogP contribution in [0.3, 0.4) is 0 Å². The summed E-state index contributed by atoms with van der Waals surface area (Å²) in [5, 5.41) is 10.8. The third-order valence-electron chi connectivity index (χ3n) is 4.97. The highest BCUT2D eigenvalue weighted by Gasteiger charge is 2.08. The number of methoxy groups -OCH3 is 1. The van der Waals surface area contributed by atoms with Crippen molar-refractivity contribution in [3.63, 3.8) is 0 Å². The summed E-state index contributed by atoms with van der Waals surface area (Å²) in [6.07, 6.45) is 0. The fourth-order valence-corrected chi connectivity index (χ4v) is 3.35. The van der Waals surface area contributed by atoms with E-state index < -0.39 is 18.4 Å². The minimum Gasteiger partial charge on any atom is -0.497 e. The molecule has 162 valence electrons. The second-order valence-corrected chi connectivity index (χ2v) is 7.19. The molecule has 4 aromatic rings. The van der Waals surface area contributed by atoms with Gasteiger partial charge in [0, 0.05) is 0 Å². The Labute approximate surface area is 184 Å². The number of aliphatic carboxylic acids is 1. The average molecular weight is 432 g/mol. The predicted octanol–water partition coefficient (Wildman–Crippen LogP) is 5.70. The van der Waals surface area contributed by atoms with Gasteiger partial charge in [-0.1, -0.05) is 36.4 Å². The minimum absolute atomic E-state index is 0.105. The van der Waals surface area contributed by atoms with Crippen LogP contribution in [0.15, 0.2) is 78.9 Å². The molecule has 4 rings (SSSR count). The molecule has 0 bridgehead atoms.